The molecule has 1 saturated heterocycles. The van der Waals surface area contributed by atoms with Crippen molar-refractivity contribution in [3.63, 3.8) is 0 Å². The van der Waals surface area contributed by atoms with Gasteiger partial charge in [-0.15, -0.1) is 0 Å². The van der Waals surface area contributed by atoms with Crippen molar-refractivity contribution in [2.75, 3.05) is 33.2 Å². The minimum Gasteiger partial charge on any atom is -0.340 e. The summed E-state index contributed by atoms with van der Waals surface area (Å²) in [6.07, 6.45) is 1.79. The Morgan fingerprint density at radius 3 is 2.42 bits per heavy atom. The molecule has 2 aliphatic rings. The summed E-state index contributed by atoms with van der Waals surface area (Å²) < 4.78 is 27.6. The maximum absolute atomic E-state index is 13.2. The fourth-order valence-corrected chi connectivity index (χ4v) is 5.93. The van der Waals surface area contributed by atoms with Crippen LogP contribution in [-0.4, -0.2) is 67.6 Å². The van der Waals surface area contributed by atoms with Crippen LogP contribution in [0.4, 0.5) is 0 Å². The van der Waals surface area contributed by atoms with Crippen LogP contribution in [0.1, 0.15) is 40.9 Å². The van der Waals surface area contributed by atoms with E-state index in [1.165, 1.54) is 28.9 Å². The highest BCUT2D eigenvalue weighted by Crippen LogP contribution is 2.35. The van der Waals surface area contributed by atoms with Gasteiger partial charge in [-0.05, 0) is 42.2 Å². The van der Waals surface area contributed by atoms with Gasteiger partial charge in [-0.25, -0.2) is 8.42 Å². The first-order chi connectivity index (χ1) is 14.8. The standard InChI is InChI=1S/C23H27N3O4S/c1-17(27)25-12-14-26(15-13-25)31(29,30)20-8-5-7-19(16-20)23(28)24(2)22-11-10-18-6-3-4-9-21(18)22/h3-9,16,22H,10-15H2,1-2H3. The van der Waals surface area contributed by atoms with Gasteiger partial charge in [-0.2, -0.15) is 4.31 Å². The van der Waals surface area contributed by atoms with E-state index in [0.29, 0.717) is 18.7 Å². The van der Waals surface area contributed by atoms with E-state index in [4.69, 9.17) is 0 Å². The fourth-order valence-electron chi connectivity index (χ4n) is 4.46. The summed E-state index contributed by atoms with van der Waals surface area (Å²) in [5.74, 6) is -0.249. The van der Waals surface area contributed by atoms with Crippen molar-refractivity contribution in [1.29, 1.82) is 0 Å². The van der Waals surface area contributed by atoms with Gasteiger partial charge in [0.15, 0.2) is 0 Å². The van der Waals surface area contributed by atoms with Crippen LogP contribution in [0.25, 0.3) is 0 Å². The Bertz CT molecular complexity index is 1110. The lowest BCUT2D eigenvalue weighted by molar-refractivity contribution is -0.129. The van der Waals surface area contributed by atoms with Gasteiger partial charge in [0.25, 0.3) is 5.91 Å². The van der Waals surface area contributed by atoms with E-state index in [9.17, 15) is 18.0 Å². The third-order valence-electron chi connectivity index (χ3n) is 6.29. The molecule has 0 radical (unpaired) electrons. The topological polar surface area (TPSA) is 78.0 Å². The normalized spacial score (nSPS) is 19.2. The van der Waals surface area contributed by atoms with E-state index in [-0.39, 0.29) is 35.8 Å². The van der Waals surface area contributed by atoms with E-state index >= 15 is 0 Å². The first-order valence-corrected chi connectivity index (χ1v) is 11.9. The number of piperazine rings is 1. The Kier molecular flexibility index (Phi) is 5.85. The summed E-state index contributed by atoms with van der Waals surface area (Å²) in [7, 11) is -1.96. The molecule has 2 aromatic rings. The first-order valence-electron chi connectivity index (χ1n) is 10.5. The van der Waals surface area contributed by atoms with Crippen LogP contribution in [0.5, 0.6) is 0 Å². The summed E-state index contributed by atoms with van der Waals surface area (Å²) in [5, 5.41) is 0. The van der Waals surface area contributed by atoms with Crippen LogP contribution in [0.15, 0.2) is 53.4 Å². The molecule has 2 amide bonds. The van der Waals surface area contributed by atoms with Crippen LogP contribution < -0.4 is 0 Å². The number of hydrogen-bond acceptors (Lipinski definition) is 4. The molecule has 7 nitrogen and oxygen atoms in total. The van der Waals surface area contributed by atoms with Crippen molar-refractivity contribution in [2.45, 2.75) is 30.7 Å². The molecule has 0 spiro atoms. The molecule has 1 atom stereocenters. The Balaban J connectivity index is 1.53. The minimum atomic E-state index is -3.74. The largest absolute Gasteiger partial charge is 0.340 e. The summed E-state index contributed by atoms with van der Waals surface area (Å²) in [6.45, 7) is 2.73. The highest BCUT2D eigenvalue weighted by molar-refractivity contribution is 7.89. The molecule has 0 saturated carbocycles. The van der Waals surface area contributed by atoms with E-state index in [1.807, 2.05) is 12.1 Å². The first kappa shape index (κ1) is 21.5. The predicted molar refractivity (Wildman–Crippen MR) is 117 cm³/mol. The molecule has 0 aromatic heterocycles. The van der Waals surface area contributed by atoms with Gasteiger partial charge in [-0.3, -0.25) is 9.59 Å². The summed E-state index contributed by atoms with van der Waals surface area (Å²) in [5.41, 5.74) is 2.77. The quantitative estimate of drug-likeness (QED) is 0.730. The van der Waals surface area contributed by atoms with Gasteiger partial charge in [0.05, 0.1) is 10.9 Å². The van der Waals surface area contributed by atoms with Crippen LogP contribution in [0, 0.1) is 0 Å². The highest BCUT2D eigenvalue weighted by atomic mass is 32.2. The number of hydrogen-bond donors (Lipinski definition) is 0. The summed E-state index contributed by atoms with van der Waals surface area (Å²) in [4.78, 5) is 28.2. The lowest BCUT2D eigenvalue weighted by atomic mass is 10.1. The maximum Gasteiger partial charge on any atom is 0.254 e. The monoisotopic (exact) mass is 441 g/mol. The number of nitrogens with zero attached hydrogens (tertiary/aromatic N) is 3. The van der Waals surface area contributed by atoms with Gasteiger partial charge in [0.2, 0.25) is 15.9 Å². The zero-order chi connectivity index (χ0) is 22.2. The van der Waals surface area contributed by atoms with Crippen molar-refractivity contribution in [2.24, 2.45) is 0 Å². The molecule has 0 bridgehead atoms. The van der Waals surface area contributed by atoms with Crippen LogP contribution in [-0.2, 0) is 21.2 Å². The molecule has 4 rings (SSSR count). The second-order valence-electron chi connectivity index (χ2n) is 8.11. The van der Waals surface area contributed by atoms with Crippen molar-refractivity contribution >= 4 is 21.8 Å². The smallest absolute Gasteiger partial charge is 0.254 e. The molecule has 1 aliphatic heterocycles. The lowest BCUT2D eigenvalue weighted by Gasteiger charge is -2.33. The molecule has 8 heteroatoms. The summed E-state index contributed by atoms with van der Waals surface area (Å²) >= 11 is 0. The van der Waals surface area contributed by atoms with Crippen LogP contribution >= 0.6 is 0 Å². The number of sulfonamides is 1. The minimum absolute atomic E-state index is 0.0105. The number of aryl methyl sites for hydroxylation is 1. The number of benzene rings is 2. The average Bonchev–Trinajstić information content (AvgIpc) is 3.22. The Morgan fingerprint density at radius 1 is 1.00 bits per heavy atom. The SMILES string of the molecule is CC(=O)N1CCN(S(=O)(=O)c2cccc(C(=O)N(C)C3CCc4ccccc43)c2)CC1. The summed E-state index contributed by atoms with van der Waals surface area (Å²) in [6, 6.07) is 14.4. The van der Waals surface area contributed by atoms with Gasteiger partial charge in [0.1, 0.15) is 0 Å². The number of carbonyl (C=O) groups is 2. The van der Waals surface area contributed by atoms with Crippen LogP contribution in [0.2, 0.25) is 0 Å². The third-order valence-corrected chi connectivity index (χ3v) is 8.19. The lowest BCUT2D eigenvalue weighted by Crippen LogP contribution is -2.49. The molecular weight excluding hydrogens is 414 g/mol. The van der Waals surface area contributed by atoms with Crippen LogP contribution in [0.3, 0.4) is 0 Å². The van der Waals surface area contributed by atoms with Gasteiger partial charge in [-0.1, -0.05) is 30.3 Å². The molecule has 31 heavy (non-hydrogen) atoms. The van der Waals surface area contributed by atoms with Gasteiger partial charge in [0, 0.05) is 45.7 Å². The van der Waals surface area contributed by atoms with Gasteiger partial charge < -0.3 is 9.80 Å². The highest BCUT2D eigenvalue weighted by Gasteiger charge is 2.31. The zero-order valence-corrected chi connectivity index (χ0v) is 18.6. The number of amides is 2. The molecule has 164 valence electrons. The Morgan fingerprint density at radius 2 is 1.71 bits per heavy atom. The zero-order valence-electron chi connectivity index (χ0n) is 17.8. The Hall–Kier alpha value is -2.71. The van der Waals surface area contributed by atoms with Gasteiger partial charge >= 0.3 is 0 Å². The number of fused-ring (bicyclic) bond motifs is 1. The van der Waals surface area contributed by atoms with E-state index in [1.54, 1.807) is 29.0 Å². The average molecular weight is 442 g/mol. The Labute approximate surface area is 183 Å². The maximum atomic E-state index is 13.2. The molecule has 2 aromatic carbocycles. The third kappa shape index (κ3) is 4.09. The van der Waals surface area contributed by atoms with Crippen molar-refractivity contribution in [3.8, 4) is 0 Å². The van der Waals surface area contributed by atoms with Crippen molar-refractivity contribution in [3.05, 3.63) is 65.2 Å². The van der Waals surface area contributed by atoms with Crippen molar-refractivity contribution < 1.29 is 18.0 Å². The van der Waals surface area contributed by atoms with E-state index in [0.717, 1.165) is 18.4 Å². The fraction of sp³-hybridized carbons (Fsp3) is 0.391. The predicted octanol–water partition coefficient (Wildman–Crippen LogP) is 2.30. The number of rotatable bonds is 4. The molecule has 1 fully saturated rings. The second-order valence-corrected chi connectivity index (χ2v) is 10.0. The second kappa shape index (κ2) is 8.43. The molecule has 0 N–H and O–H groups in total. The molecule has 1 heterocycles. The molecule has 1 aliphatic carbocycles. The van der Waals surface area contributed by atoms with E-state index < -0.39 is 10.0 Å². The van der Waals surface area contributed by atoms with Crippen molar-refractivity contribution in [1.82, 2.24) is 14.1 Å². The molecular formula is C23H27N3O4S. The molecule has 1 unspecified atom stereocenters. The van der Waals surface area contributed by atoms with E-state index in [2.05, 4.69) is 12.1 Å². The number of carbonyl (C=O) groups excluding carboxylic acids is 2.